The van der Waals surface area contributed by atoms with Crippen LogP contribution in [-0.2, 0) is 6.54 Å². The van der Waals surface area contributed by atoms with Gasteiger partial charge in [-0.15, -0.1) is 0 Å². The zero-order valence-electron chi connectivity index (χ0n) is 9.95. The molecule has 1 unspecified atom stereocenters. The summed E-state index contributed by atoms with van der Waals surface area (Å²) in [6.45, 7) is 1.36. The summed E-state index contributed by atoms with van der Waals surface area (Å²) in [4.78, 5) is 15.4. The van der Waals surface area contributed by atoms with E-state index in [2.05, 4.69) is 11.1 Å². The zero-order valence-corrected chi connectivity index (χ0v) is 9.95. The molecule has 0 radical (unpaired) electrons. The summed E-state index contributed by atoms with van der Waals surface area (Å²) < 4.78 is 7.28. The predicted octanol–water partition coefficient (Wildman–Crippen LogP) is 1.81. The highest BCUT2D eigenvalue weighted by molar-refractivity contribution is 5.37. The first-order chi connectivity index (χ1) is 8.84. The summed E-state index contributed by atoms with van der Waals surface area (Å²) in [5, 5.41) is 0. The summed E-state index contributed by atoms with van der Waals surface area (Å²) in [6.07, 6.45) is 4.24. The van der Waals surface area contributed by atoms with E-state index >= 15 is 0 Å². The molecular weight excluding hydrogens is 228 g/mol. The third-order valence-corrected chi connectivity index (χ3v) is 3.28. The lowest BCUT2D eigenvalue weighted by Crippen LogP contribution is -2.26. The smallest absolute Gasteiger partial charge is 0.347 e. The molecule has 2 aromatic rings. The molecule has 1 aromatic carbocycles. The lowest BCUT2D eigenvalue weighted by Gasteiger charge is -2.26. The van der Waals surface area contributed by atoms with Crippen LogP contribution in [0, 0.1) is 0 Å². The fraction of sp³-hybridized carbons (Fsp3) is 0.286. The number of para-hydroxylation sites is 1. The molecule has 2 heterocycles. The quantitative estimate of drug-likeness (QED) is 0.806. The molecule has 1 aromatic heterocycles. The Labute approximate surface area is 105 Å². The minimum atomic E-state index is -0.193. The van der Waals surface area contributed by atoms with Crippen LogP contribution in [0.3, 0.4) is 0 Å². The second-order valence-electron chi connectivity index (χ2n) is 4.43. The van der Waals surface area contributed by atoms with Crippen LogP contribution in [-0.4, -0.2) is 16.2 Å². The number of fused-ring (bicyclic) bond motifs is 1. The second-order valence-corrected chi connectivity index (χ2v) is 4.43. The third kappa shape index (κ3) is 2.01. The Bertz CT molecular complexity index is 606. The van der Waals surface area contributed by atoms with Gasteiger partial charge in [0.05, 0.1) is 6.61 Å². The Morgan fingerprint density at radius 2 is 2.22 bits per heavy atom. The predicted molar refractivity (Wildman–Crippen MR) is 67.8 cm³/mol. The van der Waals surface area contributed by atoms with Gasteiger partial charge in [0, 0.05) is 24.9 Å². The highest BCUT2D eigenvalue weighted by atomic mass is 16.5. The molecule has 18 heavy (non-hydrogen) atoms. The minimum absolute atomic E-state index is 0.193. The van der Waals surface area contributed by atoms with Crippen molar-refractivity contribution in [3.05, 3.63) is 58.8 Å². The molecular formula is C14H14N2O2. The minimum Gasteiger partial charge on any atom is -0.493 e. The number of ether oxygens (including phenoxy) is 1. The molecule has 0 aliphatic carbocycles. The topological polar surface area (TPSA) is 44.1 Å². The van der Waals surface area contributed by atoms with Gasteiger partial charge in [-0.3, -0.25) is 4.57 Å². The summed E-state index contributed by atoms with van der Waals surface area (Å²) in [7, 11) is 0. The second kappa shape index (κ2) is 4.64. The van der Waals surface area contributed by atoms with Crippen LogP contribution in [0.15, 0.2) is 47.5 Å². The van der Waals surface area contributed by atoms with E-state index in [1.54, 1.807) is 16.8 Å². The summed E-state index contributed by atoms with van der Waals surface area (Å²) in [6, 6.07) is 9.81. The number of nitrogens with zero attached hydrogens (tertiary/aromatic N) is 2. The van der Waals surface area contributed by atoms with E-state index in [4.69, 9.17) is 4.74 Å². The maximum absolute atomic E-state index is 11.6. The standard InChI is InChI=1S/C14H14N2O2/c17-14-15-7-3-8-16(14)10-11-6-9-18-13-5-2-1-4-12(11)13/h1-5,7-8,11H,6,9-10H2. The number of benzene rings is 1. The van der Waals surface area contributed by atoms with Gasteiger partial charge >= 0.3 is 5.69 Å². The van der Waals surface area contributed by atoms with Gasteiger partial charge in [-0.1, -0.05) is 18.2 Å². The lowest BCUT2D eigenvalue weighted by atomic mass is 9.93. The molecule has 0 saturated heterocycles. The van der Waals surface area contributed by atoms with Crippen molar-refractivity contribution in [1.29, 1.82) is 0 Å². The first-order valence-electron chi connectivity index (χ1n) is 6.08. The maximum atomic E-state index is 11.6. The van der Waals surface area contributed by atoms with E-state index in [1.807, 2.05) is 18.2 Å². The van der Waals surface area contributed by atoms with E-state index in [1.165, 1.54) is 11.8 Å². The lowest BCUT2D eigenvalue weighted by molar-refractivity contribution is 0.258. The van der Waals surface area contributed by atoms with Crippen LogP contribution >= 0.6 is 0 Å². The molecule has 0 saturated carbocycles. The first kappa shape index (κ1) is 11.0. The Morgan fingerprint density at radius 1 is 1.33 bits per heavy atom. The first-order valence-corrected chi connectivity index (χ1v) is 6.08. The molecule has 1 aliphatic heterocycles. The molecule has 0 spiro atoms. The highest BCUT2D eigenvalue weighted by Crippen LogP contribution is 2.33. The van der Waals surface area contributed by atoms with Crippen LogP contribution < -0.4 is 10.4 Å². The number of hydrogen-bond acceptors (Lipinski definition) is 3. The molecule has 1 atom stereocenters. The number of rotatable bonds is 2. The van der Waals surface area contributed by atoms with Gasteiger partial charge < -0.3 is 4.74 Å². The Kier molecular flexibility index (Phi) is 2.84. The van der Waals surface area contributed by atoms with E-state index in [9.17, 15) is 4.79 Å². The van der Waals surface area contributed by atoms with Crippen molar-refractivity contribution >= 4 is 0 Å². The fourth-order valence-electron chi connectivity index (χ4n) is 2.37. The maximum Gasteiger partial charge on any atom is 0.347 e. The average Bonchev–Trinajstić information content (AvgIpc) is 2.42. The van der Waals surface area contributed by atoms with Crippen molar-refractivity contribution in [2.75, 3.05) is 6.61 Å². The number of hydrogen-bond donors (Lipinski definition) is 0. The summed E-state index contributed by atoms with van der Waals surface area (Å²) >= 11 is 0. The van der Waals surface area contributed by atoms with Crippen LogP contribution in [0.1, 0.15) is 17.9 Å². The molecule has 0 fully saturated rings. The van der Waals surface area contributed by atoms with E-state index < -0.39 is 0 Å². The van der Waals surface area contributed by atoms with Gasteiger partial charge in [0.1, 0.15) is 5.75 Å². The van der Waals surface area contributed by atoms with Gasteiger partial charge in [0.2, 0.25) is 0 Å². The van der Waals surface area contributed by atoms with Crippen molar-refractivity contribution in [2.24, 2.45) is 0 Å². The van der Waals surface area contributed by atoms with Gasteiger partial charge in [0.25, 0.3) is 0 Å². The largest absolute Gasteiger partial charge is 0.493 e. The Hall–Kier alpha value is -2.10. The highest BCUT2D eigenvalue weighted by Gasteiger charge is 2.21. The van der Waals surface area contributed by atoms with Gasteiger partial charge in [0.15, 0.2) is 0 Å². The molecule has 0 bridgehead atoms. The third-order valence-electron chi connectivity index (χ3n) is 3.28. The van der Waals surface area contributed by atoms with Crippen molar-refractivity contribution in [1.82, 2.24) is 9.55 Å². The fourth-order valence-corrected chi connectivity index (χ4v) is 2.37. The van der Waals surface area contributed by atoms with Crippen LogP contribution in [0.5, 0.6) is 5.75 Å². The van der Waals surface area contributed by atoms with Crippen LogP contribution in [0.4, 0.5) is 0 Å². The Morgan fingerprint density at radius 3 is 3.11 bits per heavy atom. The zero-order chi connectivity index (χ0) is 12.4. The van der Waals surface area contributed by atoms with Crippen LogP contribution in [0.2, 0.25) is 0 Å². The average molecular weight is 242 g/mol. The summed E-state index contributed by atoms with van der Waals surface area (Å²) in [5.74, 6) is 1.25. The number of aromatic nitrogens is 2. The normalized spacial score (nSPS) is 17.9. The monoisotopic (exact) mass is 242 g/mol. The molecule has 0 amide bonds. The van der Waals surface area contributed by atoms with Crippen molar-refractivity contribution in [3.8, 4) is 5.75 Å². The van der Waals surface area contributed by atoms with Gasteiger partial charge in [-0.2, -0.15) is 0 Å². The van der Waals surface area contributed by atoms with Crippen molar-refractivity contribution in [3.63, 3.8) is 0 Å². The Balaban J connectivity index is 1.91. The summed E-state index contributed by atoms with van der Waals surface area (Å²) in [5.41, 5.74) is 0.987. The molecule has 92 valence electrons. The van der Waals surface area contributed by atoms with Crippen molar-refractivity contribution < 1.29 is 4.74 Å². The molecule has 3 rings (SSSR count). The molecule has 1 aliphatic rings. The van der Waals surface area contributed by atoms with Crippen molar-refractivity contribution in [2.45, 2.75) is 18.9 Å². The van der Waals surface area contributed by atoms with Gasteiger partial charge in [-0.05, 0) is 24.1 Å². The molecule has 4 nitrogen and oxygen atoms in total. The van der Waals surface area contributed by atoms with Gasteiger partial charge in [-0.25, -0.2) is 9.78 Å². The SMILES string of the molecule is O=c1ncccn1CC1CCOc2ccccc21. The molecule has 4 heteroatoms. The van der Waals surface area contributed by atoms with Crippen LogP contribution in [0.25, 0.3) is 0 Å². The van der Waals surface area contributed by atoms with E-state index in [0.717, 1.165) is 12.2 Å². The van der Waals surface area contributed by atoms with E-state index in [0.29, 0.717) is 19.1 Å². The molecule has 0 N–H and O–H groups in total. The van der Waals surface area contributed by atoms with E-state index in [-0.39, 0.29) is 5.69 Å².